The molecule has 0 spiro atoms. The molecular weight excluding hydrogens is 250 g/mol. The molecule has 20 heavy (non-hydrogen) atoms. The van der Waals surface area contributed by atoms with Gasteiger partial charge in [-0.15, -0.1) is 0 Å². The maximum absolute atomic E-state index is 6.40. The van der Waals surface area contributed by atoms with Crippen LogP contribution in [0.25, 0.3) is 0 Å². The van der Waals surface area contributed by atoms with Crippen LogP contribution in [-0.2, 0) is 6.54 Å². The zero-order chi connectivity index (χ0) is 14.4. The molecule has 2 atom stereocenters. The van der Waals surface area contributed by atoms with Crippen LogP contribution in [0.1, 0.15) is 44.6 Å². The molecule has 1 aliphatic rings. The number of methoxy groups -OCH3 is 1. The summed E-state index contributed by atoms with van der Waals surface area (Å²) in [5.74, 6) is 2.45. The van der Waals surface area contributed by atoms with Crippen LogP contribution in [0.4, 0.5) is 0 Å². The standard InChI is InChI=1S/C17H27NO2/c1-4-13-8-5-6-10-15(13)20-17-14(12-18-2)9-7-11-16(17)19-3/h7,9,11,13,15,18H,4-6,8,10,12H2,1-3H3. The summed E-state index contributed by atoms with van der Waals surface area (Å²) in [5.41, 5.74) is 1.17. The Labute approximate surface area is 122 Å². The number of hydrogen-bond acceptors (Lipinski definition) is 3. The lowest BCUT2D eigenvalue weighted by atomic mass is 9.84. The summed E-state index contributed by atoms with van der Waals surface area (Å²) in [4.78, 5) is 0. The van der Waals surface area contributed by atoms with E-state index in [1.54, 1.807) is 7.11 Å². The van der Waals surface area contributed by atoms with E-state index in [9.17, 15) is 0 Å². The Hall–Kier alpha value is -1.22. The van der Waals surface area contributed by atoms with Crippen molar-refractivity contribution in [2.75, 3.05) is 14.2 Å². The normalized spacial score (nSPS) is 22.6. The van der Waals surface area contributed by atoms with Crippen molar-refractivity contribution in [2.24, 2.45) is 5.92 Å². The van der Waals surface area contributed by atoms with Gasteiger partial charge in [0.2, 0.25) is 0 Å². The first-order chi connectivity index (χ1) is 9.80. The fraction of sp³-hybridized carbons (Fsp3) is 0.647. The van der Waals surface area contributed by atoms with Crippen molar-refractivity contribution < 1.29 is 9.47 Å². The van der Waals surface area contributed by atoms with E-state index in [1.807, 2.05) is 19.2 Å². The predicted molar refractivity (Wildman–Crippen MR) is 82.4 cm³/mol. The van der Waals surface area contributed by atoms with E-state index in [-0.39, 0.29) is 0 Å². The second-order valence-corrected chi connectivity index (χ2v) is 5.59. The van der Waals surface area contributed by atoms with Crippen LogP contribution in [-0.4, -0.2) is 20.3 Å². The zero-order valence-corrected chi connectivity index (χ0v) is 12.9. The molecule has 112 valence electrons. The molecule has 0 heterocycles. The van der Waals surface area contributed by atoms with Gasteiger partial charge in [0.25, 0.3) is 0 Å². The molecular formula is C17H27NO2. The summed E-state index contributed by atoms with van der Waals surface area (Å²) in [6.45, 7) is 3.07. The van der Waals surface area contributed by atoms with Gasteiger partial charge in [-0.25, -0.2) is 0 Å². The topological polar surface area (TPSA) is 30.5 Å². The molecule has 0 amide bonds. The number of rotatable bonds is 6. The second kappa shape index (κ2) is 7.53. The summed E-state index contributed by atoms with van der Waals surface area (Å²) < 4.78 is 11.9. The fourth-order valence-corrected chi connectivity index (χ4v) is 3.13. The Morgan fingerprint density at radius 3 is 2.75 bits per heavy atom. The van der Waals surface area contributed by atoms with Crippen molar-refractivity contribution >= 4 is 0 Å². The number of hydrogen-bond donors (Lipinski definition) is 1. The van der Waals surface area contributed by atoms with Crippen molar-refractivity contribution in [3.8, 4) is 11.5 Å². The first-order valence-electron chi connectivity index (χ1n) is 7.77. The third-order valence-corrected chi connectivity index (χ3v) is 4.28. The molecule has 1 aliphatic carbocycles. The van der Waals surface area contributed by atoms with Gasteiger partial charge in [-0.1, -0.05) is 25.5 Å². The third-order valence-electron chi connectivity index (χ3n) is 4.28. The van der Waals surface area contributed by atoms with Gasteiger partial charge in [-0.3, -0.25) is 0 Å². The molecule has 2 rings (SSSR count). The van der Waals surface area contributed by atoms with Gasteiger partial charge >= 0.3 is 0 Å². The van der Waals surface area contributed by atoms with E-state index in [1.165, 1.54) is 31.2 Å². The van der Waals surface area contributed by atoms with Crippen LogP contribution in [0, 0.1) is 5.92 Å². The summed E-state index contributed by atoms with van der Waals surface area (Å²) in [5, 5.41) is 3.20. The number of ether oxygens (including phenoxy) is 2. The zero-order valence-electron chi connectivity index (χ0n) is 12.9. The lowest BCUT2D eigenvalue weighted by Gasteiger charge is -2.32. The summed E-state index contributed by atoms with van der Waals surface area (Å²) >= 11 is 0. The van der Waals surface area contributed by atoms with E-state index in [0.29, 0.717) is 12.0 Å². The van der Waals surface area contributed by atoms with Crippen molar-refractivity contribution in [3.63, 3.8) is 0 Å². The van der Waals surface area contributed by atoms with E-state index < -0.39 is 0 Å². The SMILES string of the molecule is CCC1CCCCC1Oc1c(CNC)cccc1OC. The highest BCUT2D eigenvalue weighted by atomic mass is 16.5. The van der Waals surface area contributed by atoms with Gasteiger partial charge < -0.3 is 14.8 Å². The molecule has 1 aromatic carbocycles. The molecule has 3 heteroatoms. The maximum atomic E-state index is 6.40. The largest absolute Gasteiger partial charge is 0.493 e. The molecule has 0 saturated heterocycles. The van der Waals surface area contributed by atoms with Crippen LogP contribution < -0.4 is 14.8 Å². The van der Waals surface area contributed by atoms with Gasteiger partial charge in [-0.05, 0) is 44.7 Å². The molecule has 0 bridgehead atoms. The maximum Gasteiger partial charge on any atom is 0.166 e. The minimum atomic E-state index is 0.334. The van der Waals surface area contributed by atoms with Gasteiger partial charge in [-0.2, -0.15) is 0 Å². The van der Waals surface area contributed by atoms with E-state index in [0.717, 1.165) is 24.5 Å². The third kappa shape index (κ3) is 3.45. The Balaban J connectivity index is 2.21. The van der Waals surface area contributed by atoms with Crippen molar-refractivity contribution in [1.82, 2.24) is 5.32 Å². The lowest BCUT2D eigenvalue weighted by Crippen LogP contribution is -2.30. The van der Waals surface area contributed by atoms with Crippen LogP contribution in [0.2, 0.25) is 0 Å². The van der Waals surface area contributed by atoms with Gasteiger partial charge in [0.05, 0.1) is 7.11 Å². The van der Waals surface area contributed by atoms with Crippen LogP contribution >= 0.6 is 0 Å². The highest BCUT2D eigenvalue weighted by Gasteiger charge is 2.27. The van der Waals surface area contributed by atoms with Crippen molar-refractivity contribution in [1.29, 1.82) is 0 Å². The Bertz CT molecular complexity index is 419. The molecule has 1 N–H and O–H groups in total. The molecule has 0 radical (unpaired) electrons. The molecule has 1 aromatic rings. The second-order valence-electron chi connectivity index (χ2n) is 5.59. The van der Waals surface area contributed by atoms with Crippen molar-refractivity contribution in [2.45, 2.75) is 51.7 Å². The summed E-state index contributed by atoms with van der Waals surface area (Å²) in [7, 11) is 3.67. The predicted octanol–water partition coefficient (Wildman–Crippen LogP) is 3.76. The number of nitrogens with one attached hydrogen (secondary N) is 1. The minimum absolute atomic E-state index is 0.334. The van der Waals surface area contributed by atoms with E-state index in [2.05, 4.69) is 18.3 Å². The smallest absolute Gasteiger partial charge is 0.166 e. The molecule has 0 aliphatic heterocycles. The van der Waals surface area contributed by atoms with E-state index >= 15 is 0 Å². The summed E-state index contributed by atoms with van der Waals surface area (Å²) in [6.07, 6.45) is 6.60. The first-order valence-corrected chi connectivity index (χ1v) is 7.77. The molecule has 1 fully saturated rings. The van der Waals surface area contributed by atoms with Crippen molar-refractivity contribution in [3.05, 3.63) is 23.8 Å². The Morgan fingerprint density at radius 1 is 1.25 bits per heavy atom. The van der Waals surface area contributed by atoms with E-state index in [4.69, 9.17) is 9.47 Å². The van der Waals surface area contributed by atoms with Gasteiger partial charge in [0.15, 0.2) is 11.5 Å². The minimum Gasteiger partial charge on any atom is -0.493 e. The first kappa shape index (κ1) is 15.2. The summed E-state index contributed by atoms with van der Waals surface area (Å²) in [6, 6.07) is 6.12. The Kier molecular flexibility index (Phi) is 5.72. The fourth-order valence-electron chi connectivity index (χ4n) is 3.13. The number of para-hydroxylation sites is 1. The number of benzene rings is 1. The average molecular weight is 277 g/mol. The molecule has 2 unspecified atom stereocenters. The molecule has 1 saturated carbocycles. The lowest BCUT2D eigenvalue weighted by molar-refractivity contribution is 0.0862. The molecule has 3 nitrogen and oxygen atoms in total. The van der Waals surface area contributed by atoms with Crippen LogP contribution in [0.3, 0.4) is 0 Å². The highest BCUT2D eigenvalue weighted by molar-refractivity contribution is 5.46. The Morgan fingerprint density at radius 2 is 2.05 bits per heavy atom. The average Bonchev–Trinajstić information content (AvgIpc) is 2.49. The van der Waals surface area contributed by atoms with Gasteiger partial charge in [0.1, 0.15) is 6.10 Å². The monoisotopic (exact) mass is 277 g/mol. The highest BCUT2D eigenvalue weighted by Crippen LogP contribution is 2.36. The van der Waals surface area contributed by atoms with Crippen LogP contribution in [0.15, 0.2) is 18.2 Å². The van der Waals surface area contributed by atoms with Crippen LogP contribution in [0.5, 0.6) is 11.5 Å². The van der Waals surface area contributed by atoms with Gasteiger partial charge in [0, 0.05) is 12.1 Å². The molecule has 0 aromatic heterocycles. The quantitative estimate of drug-likeness (QED) is 0.858.